The average molecular weight is 290 g/mol. The van der Waals surface area contributed by atoms with Crippen molar-refractivity contribution in [1.82, 2.24) is 10.2 Å². The standard InChI is InChI=1S/C15H18N2O2S/c1-2-13-12-5-8-20-14(12)3-6-17(13)15(18)16-9-11-4-7-19-10-11/h4-5,7-8,10,13H,2-3,6,9H2,1H3,(H,16,18). The number of hydrogen-bond donors (Lipinski definition) is 1. The number of nitrogens with one attached hydrogen (secondary N) is 1. The average Bonchev–Trinajstić information content (AvgIpc) is 3.14. The second-order valence-electron chi connectivity index (χ2n) is 4.96. The van der Waals surface area contributed by atoms with Crippen LogP contribution in [-0.4, -0.2) is 17.5 Å². The fraction of sp³-hybridized carbons (Fsp3) is 0.400. The first-order chi connectivity index (χ1) is 9.79. The summed E-state index contributed by atoms with van der Waals surface area (Å²) in [5, 5.41) is 5.10. The molecule has 3 heterocycles. The molecule has 5 heteroatoms. The topological polar surface area (TPSA) is 45.5 Å². The van der Waals surface area contributed by atoms with E-state index in [-0.39, 0.29) is 12.1 Å². The zero-order valence-corrected chi connectivity index (χ0v) is 12.3. The molecular weight excluding hydrogens is 272 g/mol. The predicted molar refractivity (Wildman–Crippen MR) is 78.7 cm³/mol. The molecule has 20 heavy (non-hydrogen) atoms. The minimum Gasteiger partial charge on any atom is -0.472 e. The quantitative estimate of drug-likeness (QED) is 0.939. The molecule has 0 spiro atoms. The Morgan fingerprint density at radius 2 is 2.45 bits per heavy atom. The lowest BCUT2D eigenvalue weighted by atomic mass is 9.98. The molecule has 2 aromatic heterocycles. The zero-order valence-electron chi connectivity index (χ0n) is 11.5. The molecule has 1 unspecified atom stereocenters. The molecule has 1 N–H and O–H groups in total. The van der Waals surface area contributed by atoms with Crippen LogP contribution in [0.25, 0.3) is 0 Å². The molecular formula is C15H18N2O2S. The van der Waals surface area contributed by atoms with Gasteiger partial charge in [0.1, 0.15) is 0 Å². The smallest absolute Gasteiger partial charge is 0.318 e. The molecule has 106 valence electrons. The van der Waals surface area contributed by atoms with Crippen molar-refractivity contribution in [3.63, 3.8) is 0 Å². The second-order valence-corrected chi connectivity index (χ2v) is 5.96. The minimum absolute atomic E-state index is 0.00917. The molecule has 0 radical (unpaired) electrons. The molecule has 1 atom stereocenters. The van der Waals surface area contributed by atoms with Crippen molar-refractivity contribution in [2.75, 3.05) is 6.54 Å². The number of fused-ring (bicyclic) bond motifs is 1. The third-order valence-electron chi connectivity index (χ3n) is 3.77. The lowest BCUT2D eigenvalue weighted by molar-refractivity contribution is 0.167. The highest BCUT2D eigenvalue weighted by Gasteiger charge is 2.30. The molecule has 1 aliphatic heterocycles. The number of nitrogens with zero attached hydrogens (tertiary/aromatic N) is 1. The van der Waals surface area contributed by atoms with Gasteiger partial charge >= 0.3 is 6.03 Å². The maximum Gasteiger partial charge on any atom is 0.318 e. The van der Waals surface area contributed by atoms with Crippen molar-refractivity contribution < 1.29 is 9.21 Å². The largest absolute Gasteiger partial charge is 0.472 e. The number of furan rings is 1. The summed E-state index contributed by atoms with van der Waals surface area (Å²) in [4.78, 5) is 15.8. The van der Waals surface area contributed by atoms with Crippen LogP contribution in [0.5, 0.6) is 0 Å². The third-order valence-corrected chi connectivity index (χ3v) is 4.76. The molecule has 0 saturated heterocycles. The fourth-order valence-corrected chi connectivity index (χ4v) is 3.68. The van der Waals surface area contributed by atoms with Gasteiger partial charge in [0.15, 0.2) is 0 Å². The summed E-state index contributed by atoms with van der Waals surface area (Å²) in [7, 11) is 0. The highest BCUT2D eigenvalue weighted by Crippen LogP contribution is 2.35. The minimum atomic E-state index is 0.00917. The predicted octanol–water partition coefficient (Wildman–Crippen LogP) is 3.56. The van der Waals surface area contributed by atoms with Gasteiger partial charge in [-0.05, 0) is 35.9 Å². The number of amides is 2. The van der Waals surface area contributed by atoms with Crippen molar-refractivity contribution in [1.29, 1.82) is 0 Å². The Hall–Kier alpha value is -1.75. The van der Waals surface area contributed by atoms with Crippen molar-refractivity contribution in [2.24, 2.45) is 0 Å². The van der Waals surface area contributed by atoms with Gasteiger partial charge in [-0.15, -0.1) is 11.3 Å². The van der Waals surface area contributed by atoms with E-state index in [2.05, 4.69) is 23.7 Å². The van der Waals surface area contributed by atoms with E-state index >= 15 is 0 Å². The Balaban J connectivity index is 1.68. The summed E-state index contributed by atoms with van der Waals surface area (Å²) in [6.45, 7) is 3.44. The van der Waals surface area contributed by atoms with Gasteiger partial charge < -0.3 is 14.6 Å². The Morgan fingerprint density at radius 3 is 3.20 bits per heavy atom. The molecule has 0 fully saturated rings. The number of urea groups is 1. The second kappa shape index (κ2) is 5.71. The highest BCUT2D eigenvalue weighted by atomic mass is 32.1. The summed E-state index contributed by atoms with van der Waals surface area (Å²) in [5.41, 5.74) is 2.31. The van der Waals surface area contributed by atoms with Gasteiger partial charge in [-0.25, -0.2) is 4.79 Å². The Morgan fingerprint density at radius 1 is 1.55 bits per heavy atom. The van der Waals surface area contributed by atoms with E-state index in [0.29, 0.717) is 6.54 Å². The van der Waals surface area contributed by atoms with Crippen molar-refractivity contribution in [2.45, 2.75) is 32.4 Å². The van der Waals surface area contributed by atoms with Crippen LogP contribution >= 0.6 is 11.3 Å². The molecule has 0 bridgehead atoms. The number of carbonyl (C=O) groups excluding carboxylic acids is 1. The van der Waals surface area contributed by atoms with E-state index in [0.717, 1.165) is 24.9 Å². The molecule has 3 rings (SSSR count). The van der Waals surface area contributed by atoms with Gasteiger partial charge in [0, 0.05) is 23.5 Å². The molecule has 0 saturated carbocycles. The van der Waals surface area contributed by atoms with Gasteiger partial charge in [0.25, 0.3) is 0 Å². The van der Waals surface area contributed by atoms with Crippen molar-refractivity contribution in [3.05, 3.63) is 46.0 Å². The molecule has 4 nitrogen and oxygen atoms in total. The molecule has 2 amide bonds. The normalized spacial score (nSPS) is 17.9. The molecule has 0 aromatic carbocycles. The monoisotopic (exact) mass is 290 g/mol. The van der Waals surface area contributed by atoms with Gasteiger partial charge in [0.05, 0.1) is 18.6 Å². The van der Waals surface area contributed by atoms with E-state index in [1.165, 1.54) is 10.4 Å². The van der Waals surface area contributed by atoms with Gasteiger partial charge in [-0.1, -0.05) is 6.92 Å². The summed E-state index contributed by atoms with van der Waals surface area (Å²) >= 11 is 1.80. The maximum atomic E-state index is 12.4. The lowest BCUT2D eigenvalue weighted by Crippen LogP contribution is -2.44. The number of hydrogen-bond acceptors (Lipinski definition) is 3. The lowest BCUT2D eigenvalue weighted by Gasteiger charge is -2.35. The number of thiophene rings is 1. The van der Waals surface area contributed by atoms with E-state index in [1.54, 1.807) is 23.9 Å². The molecule has 2 aromatic rings. The van der Waals surface area contributed by atoms with Crippen LogP contribution in [0.4, 0.5) is 4.79 Å². The van der Waals surface area contributed by atoms with Crippen LogP contribution in [0.15, 0.2) is 34.5 Å². The van der Waals surface area contributed by atoms with E-state index in [9.17, 15) is 4.79 Å². The summed E-state index contributed by atoms with van der Waals surface area (Å²) in [6, 6.07) is 4.23. The van der Waals surface area contributed by atoms with Crippen LogP contribution in [0.1, 0.15) is 35.4 Å². The first-order valence-electron chi connectivity index (χ1n) is 6.91. The highest BCUT2D eigenvalue weighted by molar-refractivity contribution is 7.10. The van der Waals surface area contributed by atoms with Crippen LogP contribution in [0, 0.1) is 0 Å². The van der Waals surface area contributed by atoms with Crippen LogP contribution in [0.2, 0.25) is 0 Å². The van der Waals surface area contributed by atoms with Gasteiger partial charge in [-0.2, -0.15) is 0 Å². The van der Waals surface area contributed by atoms with Crippen molar-refractivity contribution >= 4 is 17.4 Å². The van der Waals surface area contributed by atoms with Gasteiger partial charge in [-0.3, -0.25) is 0 Å². The van der Waals surface area contributed by atoms with E-state index in [1.807, 2.05) is 11.0 Å². The number of carbonyl (C=O) groups is 1. The van der Waals surface area contributed by atoms with Crippen LogP contribution in [-0.2, 0) is 13.0 Å². The van der Waals surface area contributed by atoms with E-state index in [4.69, 9.17) is 4.42 Å². The fourth-order valence-electron chi connectivity index (χ4n) is 2.75. The Labute approximate surface area is 122 Å². The summed E-state index contributed by atoms with van der Waals surface area (Å²) in [6.07, 6.45) is 5.19. The van der Waals surface area contributed by atoms with E-state index < -0.39 is 0 Å². The SMILES string of the molecule is CCC1c2ccsc2CCN1C(=O)NCc1ccoc1. The van der Waals surface area contributed by atoms with Crippen LogP contribution in [0.3, 0.4) is 0 Å². The molecule has 0 aliphatic carbocycles. The first kappa shape index (κ1) is 13.2. The van der Waals surface area contributed by atoms with Crippen molar-refractivity contribution in [3.8, 4) is 0 Å². The zero-order chi connectivity index (χ0) is 13.9. The Kier molecular flexibility index (Phi) is 3.78. The third kappa shape index (κ3) is 2.45. The first-order valence-corrected chi connectivity index (χ1v) is 7.79. The maximum absolute atomic E-state index is 12.4. The van der Waals surface area contributed by atoms with Crippen LogP contribution < -0.4 is 5.32 Å². The number of rotatable bonds is 3. The summed E-state index contributed by atoms with van der Waals surface area (Å²) < 4.78 is 5.01. The Bertz CT molecular complexity index is 576. The van der Waals surface area contributed by atoms with Gasteiger partial charge in [0.2, 0.25) is 0 Å². The molecule has 1 aliphatic rings. The summed E-state index contributed by atoms with van der Waals surface area (Å²) in [5.74, 6) is 0.